The fourth-order valence-electron chi connectivity index (χ4n) is 1.70. The maximum Gasteiger partial charge on any atom is 0.261 e. The van der Waals surface area contributed by atoms with Crippen LogP contribution in [0.4, 0.5) is 0 Å². The van der Waals surface area contributed by atoms with Crippen LogP contribution in [0.15, 0.2) is 23.1 Å². The first-order valence-electron chi connectivity index (χ1n) is 6.33. The summed E-state index contributed by atoms with van der Waals surface area (Å²) in [7, 11) is 1.45. The summed E-state index contributed by atoms with van der Waals surface area (Å²) in [6.07, 6.45) is 0.622. The summed E-state index contributed by atoms with van der Waals surface area (Å²) in [5.41, 5.74) is 1.09. The van der Waals surface area contributed by atoms with E-state index in [1.807, 2.05) is 13.8 Å². The number of carbonyl (C=O) groups excluding carboxylic acids is 1. The number of ether oxygens (including phenoxy) is 1. The molecular formula is C13H18ClNO4S. The van der Waals surface area contributed by atoms with E-state index in [-0.39, 0.29) is 10.8 Å². The smallest absolute Gasteiger partial charge is 0.261 e. The highest BCUT2D eigenvalue weighted by atomic mass is 35.7. The SMILES string of the molecule is CCOCCNC(=O)c1cc(S(=O)(=O)Cl)ccc1CC. The van der Waals surface area contributed by atoms with Gasteiger partial charge in [0.15, 0.2) is 0 Å². The Morgan fingerprint density at radius 2 is 2.05 bits per heavy atom. The second kappa shape index (κ2) is 7.61. The lowest BCUT2D eigenvalue weighted by molar-refractivity contribution is 0.0921. The molecule has 1 N–H and O–H groups in total. The van der Waals surface area contributed by atoms with Crippen LogP contribution in [0.3, 0.4) is 0 Å². The topological polar surface area (TPSA) is 72.5 Å². The summed E-state index contributed by atoms with van der Waals surface area (Å²) in [6.45, 7) is 5.12. The van der Waals surface area contributed by atoms with Crippen molar-refractivity contribution in [1.29, 1.82) is 0 Å². The maximum atomic E-state index is 12.1. The zero-order valence-corrected chi connectivity index (χ0v) is 13.1. The van der Waals surface area contributed by atoms with Crippen LogP contribution in [0.2, 0.25) is 0 Å². The lowest BCUT2D eigenvalue weighted by atomic mass is 10.0. The van der Waals surface area contributed by atoms with Gasteiger partial charge in [-0.1, -0.05) is 13.0 Å². The molecule has 0 bridgehead atoms. The lowest BCUT2D eigenvalue weighted by Gasteiger charge is -2.10. The van der Waals surface area contributed by atoms with E-state index in [1.54, 1.807) is 6.07 Å². The van der Waals surface area contributed by atoms with Crippen molar-refractivity contribution in [2.24, 2.45) is 0 Å². The fraction of sp³-hybridized carbons (Fsp3) is 0.462. The third-order valence-corrected chi connectivity index (χ3v) is 4.08. The zero-order chi connectivity index (χ0) is 15.2. The van der Waals surface area contributed by atoms with Crippen molar-refractivity contribution >= 4 is 25.6 Å². The highest BCUT2D eigenvalue weighted by Crippen LogP contribution is 2.20. The first-order valence-corrected chi connectivity index (χ1v) is 8.64. The number of carbonyl (C=O) groups is 1. The second-order valence-corrected chi connectivity index (χ2v) is 6.63. The van der Waals surface area contributed by atoms with Crippen LogP contribution in [0, 0.1) is 0 Å². The van der Waals surface area contributed by atoms with E-state index in [2.05, 4.69) is 5.32 Å². The minimum Gasteiger partial charge on any atom is -0.380 e. The van der Waals surface area contributed by atoms with Gasteiger partial charge < -0.3 is 10.1 Å². The van der Waals surface area contributed by atoms with Crippen molar-refractivity contribution in [3.63, 3.8) is 0 Å². The van der Waals surface area contributed by atoms with E-state index in [0.717, 1.165) is 5.56 Å². The van der Waals surface area contributed by atoms with Gasteiger partial charge in [-0.3, -0.25) is 4.79 Å². The minimum absolute atomic E-state index is 0.0775. The minimum atomic E-state index is -3.85. The molecule has 0 unspecified atom stereocenters. The van der Waals surface area contributed by atoms with Crippen molar-refractivity contribution in [3.05, 3.63) is 29.3 Å². The summed E-state index contributed by atoms with van der Waals surface area (Å²) >= 11 is 0. The molecule has 0 fully saturated rings. The molecule has 7 heteroatoms. The summed E-state index contributed by atoms with van der Waals surface area (Å²) < 4.78 is 27.8. The highest BCUT2D eigenvalue weighted by Gasteiger charge is 2.16. The first-order chi connectivity index (χ1) is 9.40. The molecule has 0 radical (unpaired) electrons. The van der Waals surface area contributed by atoms with Crippen molar-refractivity contribution in [2.45, 2.75) is 25.2 Å². The van der Waals surface area contributed by atoms with Gasteiger partial charge in [-0.05, 0) is 31.0 Å². The van der Waals surface area contributed by atoms with Gasteiger partial charge >= 0.3 is 0 Å². The molecule has 1 aromatic rings. The van der Waals surface area contributed by atoms with Gasteiger partial charge in [0.1, 0.15) is 0 Å². The summed E-state index contributed by atoms with van der Waals surface area (Å²) in [5.74, 6) is -0.330. The van der Waals surface area contributed by atoms with Crippen molar-refractivity contribution < 1.29 is 17.9 Å². The Bertz CT molecular complexity index is 572. The molecule has 0 aromatic heterocycles. The molecule has 0 atom stereocenters. The Morgan fingerprint density at radius 1 is 1.35 bits per heavy atom. The summed E-state index contributed by atoms with van der Waals surface area (Å²) in [4.78, 5) is 12.0. The van der Waals surface area contributed by atoms with Crippen LogP contribution in [-0.2, 0) is 20.2 Å². The van der Waals surface area contributed by atoms with Gasteiger partial charge in [-0.15, -0.1) is 0 Å². The van der Waals surface area contributed by atoms with Crippen LogP contribution >= 0.6 is 10.7 Å². The molecule has 5 nitrogen and oxygen atoms in total. The van der Waals surface area contributed by atoms with Crippen molar-refractivity contribution in [3.8, 4) is 0 Å². The van der Waals surface area contributed by atoms with Gasteiger partial charge in [0, 0.05) is 29.4 Å². The van der Waals surface area contributed by atoms with E-state index in [4.69, 9.17) is 15.4 Å². The number of halogens is 1. The molecule has 0 aliphatic carbocycles. The predicted molar refractivity (Wildman–Crippen MR) is 77.7 cm³/mol. The number of hydrogen-bond acceptors (Lipinski definition) is 4. The molecule has 20 heavy (non-hydrogen) atoms. The standard InChI is InChI=1S/C13H18ClNO4S/c1-3-10-5-6-11(20(14,17)18)9-12(10)13(16)15-7-8-19-4-2/h5-6,9H,3-4,7-8H2,1-2H3,(H,15,16). The molecule has 0 aliphatic heterocycles. The number of rotatable bonds is 7. The molecule has 0 saturated heterocycles. The first kappa shape index (κ1) is 16.9. The molecule has 112 valence electrons. The molecular weight excluding hydrogens is 302 g/mol. The molecule has 1 amide bonds. The average Bonchev–Trinajstić information content (AvgIpc) is 2.41. The van der Waals surface area contributed by atoms with Gasteiger partial charge in [0.2, 0.25) is 0 Å². The van der Waals surface area contributed by atoms with Gasteiger partial charge in [-0.2, -0.15) is 0 Å². The summed E-state index contributed by atoms with van der Waals surface area (Å²) in [6, 6.07) is 4.31. The Balaban J connectivity index is 2.93. The third kappa shape index (κ3) is 4.77. The molecule has 0 heterocycles. The van der Waals surface area contributed by atoms with Crippen LogP contribution in [0.5, 0.6) is 0 Å². The van der Waals surface area contributed by atoms with E-state index < -0.39 is 9.05 Å². The molecule has 0 spiro atoms. The van der Waals surface area contributed by atoms with Crippen LogP contribution in [-0.4, -0.2) is 34.1 Å². The molecule has 1 aromatic carbocycles. The van der Waals surface area contributed by atoms with E-state index >= 15 is 0 Å². The Labute approximate surface area is 123 Å². The number of amides is 1. The normalized spacial score (nSPS) is 11.3. The number of nitrogens with one attached hydrogen (secondary N) is 1. The monoisotopic (exact) mass is 319 g/mol. The Morgan fingerprint density at radius 3 is 2.60 bits per heavy atom. The average molecular weight is 320 g/mol. The third-order valence-electron chi connectivity index (χ3n) is 2.72. The van der Waals surface area contributed by atoms with E-state index in [9.17, 15) is 13.2 Å². The Hall–Kier alpha value is -1.11. The highest BCUT2D eigenvalue weighted by molar-refractivity contribution is 8.13. The van der Waals surface area contributed by atoms with Crippen LogP contribution < -0.4 is 5.32 Å². The largest absolute Gasteiger partial charge is 0.380 e. The van der Waals surface area contributed by atoms with Crippen molar-refractivity contribution in [1.82, 2.24) is 5.32 Å². The molecule has 0 aliphatic rings. The predicted octanol–water partition coefficient (Wildman–Crippen LogP) is 1.94. The van der Waals surface area contributed by atoms with E-state index in [1.165, 1.54) is 12.1 Å². The number of aryl methyl sites for hydroxylation is 1. The van der Waals surface area contributed by atoms with Crippen LogP contribution in [0.1, 0.15) is 29.8 Å². The lowest BCUT2D eigenvalue weighted by Crippen LogP contribution is -2.28. The summed E-state index contributed by atoms with van der Waals surface area (Å²) in [5, 5.41) is 2.69. The van der Waals surface area contributed by atoms with Gasteiger partial charge in [0.05, 0.1) is 11.5 Å². The maximum absolute atomic E-state index is 12.1. The van der Waals surface area contributed by atoms with E-state index in [0.29, 0.717) is 31.7 Å². The zero-order valence-electron chi connectivity index (χ0n) is 11.5. The van der Waals surface area contributed by atoms with Gasteiger partial charge in [0.25, 0.3) is 15.0 Å². The second-order valence-electron chi connectivity index (χ2n) is 4.06. The molecule has 1 rings (SSSR count). The fourth-order valence-corrected chi connectivity index (χ4v) is 2.48. The quantitative estimate of drug-likeness (QED) is 0.616. The molecule has 0 saturated carbocycles. The van der Waals surface area contributed by atoms with Crippen molar-refractivity contribution in [2.75, 3.05) is 19.8 Å². The van der Waals surface area contributed by atoms with Gasteiger partial charge in [-0.25, -0.2) is 8.42 Å². The Kier molecular flexibility index (Phi) is 6.45. The van der Waals surface area contributed by atoms with Crippen LogP contribution in [0.25, 0.3) is 0 Å². The number of hydrogen-bond donors (Lipinski definition) is 1. The number of benzene rings is 1.